The summed E-state index contributed by atoms with van der Waals surface area (Å²) >= 11 is 0. The van der Waals surface area contributed by atoms with Crippen molar-refractivity contribution < 1.29 is 14.7 Å². The van der Waals surface area contributed by atoms with Gasteiger partial charge in [-0.25, -0.2) is 4.79 Å². The Morgan fingerprint density at radius 2 is 1.84 bits per heavy atom. The van der Waals surface area contributed by atoms with Crippen molar-refractivity contribution in [3.63, 3.8) is 0 Å². The van der Waals surface area contributed by atoms with Crippen LogP contribution in [0.4, 0.5) is 5.69 Å². The summed E-state index contributed by atoms with van der Waals surface area (Å²) in [4.78, 5) is 24.8. The molecule has 1 aliphatic rings. The molecule has 1 aliphatic heterocycles. The fourth-order valence-corrected chi connectivity index (χ4v) is 2.25. The molecule has 1 aromatic carbocycles. The Hall–Kier alpha value is -2.04. The van der Waals surface area contributed by atoms with Gasteiger partial charge in [0.25, 0.3) is 0 Å². The normalized spacial score (nSPS) is 15.1. The molecule has 2 rings (SSSR count). The number of aromatic carboxylic acids is 1. The number of para-hydroxylation sites is 1. The molecule has 5 nitrogen and oxygen atoms in total. The monoisotopic (exact) mass is 262 g/mol. The minimum absolute atomic E-state index is 0.0277. The molecule has 0 unspecified atom stereocenters. The Balaban J connectivity index is 1.94. The van der Waals surface area contributed by atoms with Crippen molar-refractivity contribution in [2.45, 2.75) is 19.3 Å². The van der Waals surface area contributed by atoms with E-state index in [0.29, 0.717) is 5.69 Å². The number of nitrogens with one attached hydrogen (secondary N) is 1. The van der Waals surface area contributed by atoms with Gasteiger partial charge in [0.1, 0.15) is 0 Å². The third-order valence-electron chi connectivity index (χ3n) is 3.30. The topological polar surface area (TPSA) is 69.6 Å². The predicted molar refractivity (Wildman–Crippen MR) is 72.3 cm³/mol. The number of carboxylic acids is 1. The third kappa shape index (κ3) is 3.47. The molecular formula is C14H18N2O3. The molecule has 1 heterocycles. The molecule has 0 aromatic heterocycles. The largest absolute Gasteiger partial charge is 0.478 e. The Labute approximate surface area is 112 Å². The van der Waals surface area contributed by atoms with Crippen LogP contribution >= 0.6 is 0 Å². The van der Waals surface area contributed by atoms with Crippen LogP contribution in [0.3, 0.4) is 0 Å². The second-order valence-electron chi connectivity index (χ2n) is 4.65. The molecule has 102 valence electrons. The highest BCUT2D eigenvalue weighted by molar-refractivity contribution is 5.95. The molecule has 0 aliphatic carbocycles. The lowest BCUT2D eigenvalue weighted by atomic mass is 10.1. The Morgan fingerprint density at radius 1 is 1.16 bits per heavy atom. The van der Waals surface area contributed by atoms with Crippen molar-refractivity contribution in [2.24, 2.45) is 0 Å². The average molecular weight is 262 g/mol. The number of piperidine rings is 1. The quantitative estimate of drug-likeness (QED) is 0.868. The summed E-state index contributed by atoms with van der Waals surface area (Å²) < 4.78 is 0. The summed E-state index contributed by atoms with van der Waals surface area (Å²) in [5.41, 5.74) is 0.675. The number of hydrogen-bond acceptors (Lipinski definition) is 3. The highest BCUT2D eigenvalue weighted by Gasteiger charge is 2.17. The van der Waals surface area contributed by atoms with E-state index in [-0.39, 0.29) is 18.0 Å². The SMILES string of the molecule is O=C(O)c1ccccc1NCC(=O)N1CCCCC1. The smallest absolute Gasteiger partial charge is 0.337 e. The summed E-state index contributed by atoms with van der Waals surface area (Å²) in [6, 6.07) is 6.62. The van der Waals surface area contributed by atoms with Gasteiger partial charge in [0, 0.05) is 18.8 Å². The van der Waals surface area contributed by atoms with Gasteiger partial charge in [0.05, 0.1) is 12.1 Å². The fourth-order valence-electron chi connectivity index (χ4n) is 2.25. The lowest BCUT2D eigenvalue weighted by molar-refractivity contribution is -0.130. The number of carboxylic acid groups (broad SMARTS) is 1. The van der Waals surface area contributed by atoms with E-state index in [0.717, 1.165) is 25.9 Å². The lowest BCUT2D eigenvalue weighted by Crippen LogP contribution is -2.39. The van der Waals surface area contributed by atoms with E-state index in [2.05, 4.69) is 5.32 Å². The summed E-state index contributed by atoms with van der Waals surface area (Å²) in [6.45, 7) is 1.76. The second-order valence-corrected chi connectivity index (χ2v) is 4.65. The second kappa shape index (κ2) is 6.22. The van der Waals surface area contributed by atoms with Gasteiger partial charge in [0.2, 0.25) is 5.91 Å². The van der Waals surface area contributed by atoms with Crippen LogP contribution in [0.25, 0.3) is 0 Å². The van der Waals surface area contributed by atoms with Gasteiger partial charge in [0.15, 0.2) is 0 Å². The minimum atomic E-state index is -0.992. The maximum Gasteiger partial charge on any atom is 0.337 e. The maximum absolute atomic E-state index is 12.0. The molecule has 1 aromatic rings. The standard InChI is InChI=1S/C14H18N2O3/c17-13(16-8-4-1-5-9-16)10-15-12-7-3-2-6-11(12)14(18)19/h2-3,6-7,15H,1,4-5,8-10H2,(H,18,19). The van der Waals surface area contributed by atoms with E-state index in [1.54, 1.807) is 18.2 Å². The zero-order valence-electron chi connectivity index (χ0n) is 10.8. The van der Waals surface area contributed by atoms with Crippen LogP contribution in [-0.4, -0.2) is 41.5 Å². The number of benzene rings is 1. The number of amides is 1. The molecule has 0 saturated carbocycles. The molecule has 0 bridgehead atoms. The van der Waals surface area contributed by atoms with Crippen molar-refractivity contribution in [2.75, 3.05) is 25.0 Å². The first-order valence-electron chi connectivity index (χ1n) is 6.52. The van der Waals surface area contributed by atoms with Crippen molar-refractivity contribution in [1.82, 2.24) is 4.90 Å². The predicted octanol–water partition coefficient (Wildman–Crippen LogP) is 1.81. The molecule has 0 atom stereocenters. The molecule has 5 heteroatoms. The Kier molecular flexibility index (Phi) is 4.39. The van der Waals surface area contributed by atoms with Gasteiger partial charge in [-0.2, -0.15) is 0 Å². The van der Waals surface area contributed by atoms with Crippen molar-refractivity contribution in [1.29, 1.82) is 0 Å². The summed E-state index contributed by atoms with van der Waals surface area (Å²) in [7, 11) is 0. The van der Waals surface area contributed by atoms with Crippen LogP contribution < -0.4 is 5.32 Å². The zero-order valence-corrected chi connectivity index (χ0v) is 10.8. The fraction of sp³-hybridized carbons (Fsp3) is 0.429. The van der Waals surface area contributed by atoms with E-state index in [9.17, 15) is 9.59 Å². The van der Waals surface area contributed by atoms with Crippen molar-refractivity contribution in [3.05, 3.63) is 29.8 Å². The number of anilines is 1. The van der Waals surface area contributed by atoms with Crippen molar-refractivity contribution >= 4 is 17.6 Å². The minimum Gasteiger partial charge on any atom is -0.478 e. The third-order valence-corrected chi connectivity index (χ3v) is 3.30. The van der Waals surface area contributed by atoms with E-state index in [1.165, 1.54) is 12.5 Å². The lowest BCUT2D eigenvalue weighted by Gasteiger charge is -2.27. The van der Waals surface area contributed by atoms with Gasteiger partial charge in [-0.1, -0.05) is 12.1 Å². The molecule has 0 spiro atoms. The number of nitrogens with zero attached hydrogens (tertiary/aromatic N) is 1. The molecule has 1 fully saturated rings. The van der Waals surface area contributed by atoms with Gasteiger partial charge in [-0.05, 0) is 31.4 Å². The van der Waals surface area contributed by atoms with Crippen LogP contribution in [0.15, 0.2) is 24.3 Å². The van der Waals surface area contributed by atoms with Crippen LogP contribution in [0, 0.1) is 0 Å². The molecule has 0 radical (unpaired) electrons. The van der Waals surface area contributed by atoms with Crippen molar-refractivity contribution in [3.8, 4) is 0 Å². The summed E-state index contributed by atoms with van der Waals surface area (Å²) in [5, 5.41) is 12.0. The van der Waals surface area contributed by atoms with Crippen LogP contribution in [0.5, 0.6) is 0 Å². The van der Waals surface area contributed by atoms with E-state index >= 15 is 0 Å². The number of likely N-dealkylation sites (tertiary alicyclic amines) is 1. The van der Waals surface area contributed by atoms with E-state index in [4.69, 9.17) is 5.11 Å². The highest BCUT2D eigenvalue weighted by Crippen LogP contribution is 2.15. The Bertz CT molecular complexity index is 468. The Morgan fingerprint density at radius 3 is 2.53 bits per heavy atom. The van der Waals surface area contributed by atoms with E-state index < -0.39 is 5.97 Å². The van der Waals surface area contributed by atoms with Crippen LogP contribution in [-0.2, 0) is 4.79 Å². The molecule has 2 N–H and O–H groups in total. The van der Waals surface area contributed by atoms with Crippen LogP contribution in [0.2, 0.25) is 0 Å². The average Bonchev–Trinajstić information content (AvgIpc) is 2.46. The summed E-state index contributed by atoms with van der Waals surface area (Å²) in [6.07, 6.45) is 3.29. The first-order valence-corrected chi connectivity index (χ1v) is 6.52. The zero-order chi connectivity index (χ0) is 13.7. The van der Waals surface area contributed by atoms with Gasteiger partial charge >= 0.3 is 5.97 Å². The number of hydrogen-bond donors (Lipinski definition) is 2. The molecule has 1 saturated heterocycles. The van der Waals surface area contributed by atoms with Gasteiger partial charge < -0.3 is 15.3 Å². The van der Waals surface area contributed by atoms with E-state index in [1.807, 2.05) is 4.90 Å². The maximum atomic E-state index is 12.0. The first-order chi connectivity index (χ1) is 9.18. The molecule has 1 amide bonds. The molecular weight excluding hydrogens is 244 g/mol. The number of carbonyl (C=O) groups is 2. The number of rotatable bonds is 4. The number of carbonyl (C=O) groups excluding carboxylic acids is 1. The van der Waals surface area contributed by atoms with Gasteiger partial charge in [-0.3, -0.25) is 4.79 Å². The molecule has 19 heavy (non-hydrogen) atoms. The first kappa shape index (κ1) is 13.4. The van der Waals surface area contributed by atoms with Crippen LogP contribution in [0.1, 0.15) is 29.6 Å². The summed E-state index contributed by atoms with van der Waals surface area (Å²) in [5.74, 6) is -0.964. The van der Waals surface area contributed by atoms with Gasteiger partial charge in [-0.15, -0.1) is 0 Å². The highest BCUT2D eigenvalue weighted by atomic mass is 16.4.